The second-order valence-corrected chi connectivity index (χ2v) is 4.56. The molecule has 5 heteroatoms. The molecule has 2 aromatic rings. The van der Waals surface area contributed by atoms with Crippen LogP contribution in [0, 0.1) is 11.3 Å². The maximum atomic E-state index is 9.87. The second-order valence-electron chi connectivity index (χ2n) is 4.56. The molecule has 5 nitrogen and oxygen atoms in total. The predicted octanol–water partition coefficient (Wildman–Crippen LogP) is 1.48. The lowest BCUT2D eigenvalue weighted by atomic mass is 10.2. The van der Waals surface area contributed by atoms with E-state index in [0.29, 0.717) is 24.4 Å². The number of hydrogen-bond acceptors (Lipinski definition) is 5. The molecule has 0 radical (unpaired) electrons. The Hall–Kier alpha value is -2.42. The van der Waals surface area contributed by atoms with E-state index in [4.69, 9.17) is 10.00 Å². The summed E-state index contributed by atoms with van der Waals surface area (Å²) in [5.41, 5.74) is 1.52. The molecule has 0 aliphatic rings. The number of nitrogens with zero attached hydrogens (tertiary/aromatic N) is 2. The van der Waals surface area contributed by atoms with Crippen molar-refractivity contribution in [1.82, 2.24) is 10.3 Å². The predicted molar refractivity (Wildman–Crippen MR) is 78.6 cm³/mol. The standard InChI is InChI=1S/C16H17N3O2/c17-8-14-5-1-2-6-16(14)21-12-15(20)11-19-10-13-4-3-7-18-9-13/h1-7,9,15,19-20H,10-12H2. The molecular weight excluding hydrogens is 266 g/mol. The summed E-state index contributed by atoms with van der Waals surface area (Å²) in [6, 6.07) is 12.9. The molecule has 0 saturated carbocycles. The number of nitriles is 1. The first-order valence-electron chi connectivity index (χ1n) is 6.69. The molecule has 2 rings (SSSR count). The number of aliphatic hydroxyl groups is 1. The quantitative estimate of drug-likeness (QED) is 0.805. The zero-order chi connectivity index (χ0) is 14.9. The molecule has 0 amide bonds. The third-order valence-corrected chi connectivity index (χ3v) is 2.87. The molecule has 1 unspecified atom stereocenters. The van der Waals surface area contributed by atoms with Gasteiger partial charge >= 0.3 is 0 Å². The van der Waals surface area contributed by atoms with Crippen LogP contribution in [0.1, 0.15) is 11.1 Å². The van der Waals surface area contributed by atoms with Crippen molar-refractivity contribution in [2.24, 2.45) is 0 Å². The lowest BCUT2D eigenvalue weighted by Gasteiger charge is -2.14. The molecule has 0 saturated heterocycles. The monoisotopic (exact) mass is 283 g/mol. The van der Waals surface area contributed by atoms with E-state index in [1.54, 1.807) is 36.7 Å². The van der Waals surface area contributed by atoms with Crippen LogP contribution in [0.5, 0.6) is 5.75 Å². The van der Waals surface area contributed by atoms with E-state index in [1.807, 2.05) is 12.1 Å². The van der Waals surface area contributed by atoms with Gasteiger partial charge in [0.05, 0.1) is 5.56 Å². The molecule has 21 heavy (non-hydrogen) atoms. The first kappa shape index (κ1) is 15.0. The first-order chi connectivity index (χ1) is 10.3. The van der Waals surface area contributed by atoms with Crippen LogP contribution in [0.25, 0.3) is 0 Å². The van der Waals surface area contributed by atoms with Crippen molar-refractivity contribution in [2.45, 2.75) is 12.6 Å². The van der Waals surface area contributed by atoms with E-state index >= 15 is 0 Å². The molecule has 0 bridgehead atoms. The summed E-state index contributed by atoms with van der Waals surface area (Å²) in [6.45, 7) is 1.18. The minimum Gasteiger partial charge on any atom is -0.489 e. The van der Waals surface area contributed by atoms with Crippen molar-refractivity contribution in [3.63, 3.8) is 0 Å². The molecule has 0 aliphatic heterocycles. The van der Waals surface area contributed by atoms with Crippen molar-refractivity contribution < 1.29 is 9.84 Å². The molecule has 108 valence electrons. The number of aliphatic hydroxyl groups excluding tert-OH is 1. The summed E-state index contributed by atoms with van der Waals surface area (Å²) in [7, 11) is 0. The minimum absolute atomic E-state index is 0.138. The second kappa shape index (κ2) is 8.00. The van der Waals surface area contributed by atoms with Crippen LogP contribution in [0.15, 0.2) is 48.8 Å². The van der Waals surface area contributed by atoms with Gasteiger partial charge in [0.25, 0.3) is 0 Å². The number of benzene rings is 1. The van der Waals surface area contributed by atoms with Crippen molar-refractivity contribution in [1.29, 1.82) is 5.26 Å². The van der Waals surface area contributed by atoms with Gasteiger partial charge in [0, 0.05) is 25.5 Å². The molecular formula is C16H17N3O2. The van der Waals surface area contributed by atoms with E-state index in [0.717, 1.165) is 5.56 Å². The molecule has 1 aromatic heterocycles. The fourth-order valence-corrected chi connectivity index (χ4v) is 1.82. The normalized spacial score (nSPS) is 11.6. The van der Waals surface area contributed by atoms with E-state index in [1.165, 1.54) is 0 Å². The SMILES string of the molecule is N#Cc1ccccc1OCC(O)CNCc1cccnc1. The van der Waals surface area contributed by atoms with Gasteiger partial charge in [-0.25, -0.2) is 0 Å². The van der Waals surface area contributed by atoms with Crippen LogP contribution in [-0.2, 0) is 6.54 Å². The smallest absolute Gasteiger partial charge is 0.137 e. The van der Waals surface area contributed by atoms with Crippen LogP contribution >= 0.6 is 0 Å². The van der Waals surface area contributed by atoms with Gasteiger partial charge in [-0.05, 0) is 23.8 Å². The Kier molecular flexibility index (Phi) is 5.71. The molecule has 1 atom stereocenters. The van der Waals surface area contributed by atoms with Gasteiger partial charge in [0.2, 0.25) is 0 Å². The van der Waals surface area contributed by atoms with Crippen LogP contribution in [-0.4, -0.2) is 29.3 Å². The van der Waals surface area contributed by atoms with Gasteiger partial charge in [-0.2, -0.15) is 5.26 Å². The Morgan fingerprint density at radius 1 is 1.29 bits per heavy atom. The minimum atomic E-state index is -0.645. The average molecular weight is 283 g/mol. The highest BCUT2D eigenvalue weighted by Gasteiger charge is 2.07. The van der Waals surface area contributed by atoms with E-state index < -0.39 is 6.10 Å². The number of pyridine rings is 1. The van der Waals surface area contributed by atoms with E-state index in [2.05, 4.69) is 16.4 Å². The third-order valence-electron chi connectivity index (χ3n) is 2.87. The lowest BCUT2D eigenvalue weighted by molar-refractivity contribution is 0.106. The highest BCUT2D eigenvalue weighted by atomic mass is 16.5. The zero-order valence-electron chi connectivity index (χ0n) is 11.6. The number of ether oxygens (including phenoxy) is 1. The van der Waals surface area contributed by atoms with Gasteiger partial charge in [-0.3, -0.25) is 4.98 Å². The van der Waals surface area contributed by atoms with Gasteiger partial charge in [-0.15, -0.1) is 0 Å². The summed E-state index contributed by atoms with van der Waals surface area (Å²) in [5.74, 6) is 0.492. The Bertz CT molecular complexity index is 596. The number of aromatic nitrogens is 1. The van der Waals surface area contributed by atoms with Crippen LogP contribution in [0.2, 0.25) is 0 Å². The lowest BCUT2D eigenvalue weighted by Crippen LogP contribution is -2.31. The van der Waals surface area contributed by atoms with Crippen molar-refractivity contribution in [3.8, 4) is 11.8 Å². The Morgan fingerprint density at radius 2 is 2.14 bits per heavy atom. The fraction of sp³-hybridized carbons (Fsp3) is 0.250. The van der Waals surface area contributed by atoms with E-state index in [-0.39, 0.29) is 6.61 Å². The molecule has 0 aliphatic carbocycles. The van der Waals surface area contributed by atoms with Crippen LogP contribution in [0.3, 0.4) is 0 Å². The molecule has 1 heterocycles. The highest BCUT2D eigenvalue weighted by Crippen LogP contribution is 2.16. The van der Waals surface area contributed by atoms with Crippen molar-refractivity contribution in [3.05, 3.63) is 59.9 Å². The van der Waals surface area contributed by atoms with Gasteiger partial charge < -0.3 is 15.2 Å². The molecule has 0 fully saturated rings. The summed E-state index contributed by atoms with van der Waals surface area (Å²) in [5, 5.41) is 21.9. The highest BCUT2D eigenvalue weighted by molar-refractivity contribution is 5.42. The number of para-hydroxylation sites is 1. The third kappa shape index (κ3) is 4.88. The topological polar surface area (TPSA) is 78.2 Å². The zero-order valence-corrected chi connectivity index (χ0v) is 11.6. The van der Waals surface area contributed by atoms with Crippen LogP contribution in [0.4, 0.5) is 0 Å². The maximum absolute atomic E-state index is 9.87. The summed E-state index contributed by atoms with van der Waals surface area (Å²) >= 11 is 0. The van der Waals surface area contributed by atoms with Gasteiger partial charge in [-0.1, -0.05) is 18.2 Å². The summed E-state index contributed by atoms with van der Waals surface area (Å²) < 4.78 is 5.47. The molecule has 2 N–H and O–H groups in total. The van der Waals surface area contributed by atoms with Gasteiger partial charge in [0.15, 0.2) is 0 Å². The average Bonchev–Trinajstić information content (AvgIpc) is 2.54. The Morgan fingerprint density at radius 3 is 2.90 bits per heavy atom. The maximum Gasteiger partial charge on any atom is 0.137 e. The number of rotatable bonds is 7. The number of hydrogen-bond donors (Lipinski definition) is 2. The van der Waals surface area contributed by atoms with Crippen molar-refractivity contribution in [2.75, 3.05) is 13.2 Å². The largest absolute Gasteiger partial charge is 0.489 e. The van der Waals surface area contributed by atoms with Gasteiger partial charge in [0.1, 0.15) is 24.5 Å². The number of nitrogens with one attached hydrogen (secondary N) is 1. The molecule has 1 aromatic carbocycles. The van der Waals surface area contributed by atoms with Crippen molar-refractivity contribution >= 4 is 0 Å². The first-order valence-corrected chi connectivity index (χ1v) is 6.69. The summed E-state index contributed by atoms with van der Waals surface area (Å²) in [4.78, 5) is 4.02. The van der Waals surface area contributed by atoms with E-state index in [9.17, 15) is 5.11 Å². The van der Waals surface area contributed by atoms with Crippen LogP contribution < -0.4 is 10.1 Å². The summed E-state index contributed by atoms with van der Waals surface area (Å²) in [6.07, 6.45) is 2.85. The Balaban J connectivity index is 1.73. The fourth-order valence-electron chi connectivity index (χ4n) is 1.82. The molecule has 0 spiro atoms. The Labute approximate surface area is 123 Å².